The van der Waals surface area contributed by atoms with Gasteiger partial charge in [-0.1, -0.05) is 48.5 Å². The highest BCUT2D eigenvalue weighted by Crippen LogP contribution is 2.31. The fourth-order valence-corrected chi connectivity index (χ4v) is 5.50. The Labute approximate surface area is 212 Å². The Kier molecular flexibility index (Phi) is 7.08. The number of rotatable bonds is 6. The molecular weight excluding hydrogens is 474 g/mol. The number of carbonyl (C=O) groups is 3. The van der Waals surface area contributed by atoms with E-state index in [9.17, 15) is 14.4 Å². The van der Waals surface area contributed by atoms with E-state index < -0.39 is 5.91 Å². The summed E-state index contributed by atoms with van der Waals surface area (Å²) in [4.78, 5) is 47.1. The second-order valence-corrected chi connectivity index (χ2v) is 9.82. The van der Waals surface area contributed by atoms with Gasteiger partial charge in [-0.25, -0.2) is 4.98 Å². The van der Waals surface area contributed by atoms with Crippen molar-refractivity contribution in [1.82, 2.24) is 25.7 Å². The smallest absolute Gasteiger partial charge is 0.289 e. The third-order valence-electron chi connectivity index (χ3n) is 6.49. The minimum atomic E-state index is -0.440. The predicted octanol–water partition coefficient (Wildman–Crippen LogP) is 3.58. The van der Waals surface area contributed by atoms with Crippen LogP contribution in [0.5, 0.6) is 0 Å². The molecule has 9 heteroatoms. The molecule has 2 aromatic carbocycles. The standard InChI is InChI=1S/C27H27N5O3S/c33-24(14-18-6-2-1-3-7-18)30-31-26(35)23-17-36-27(29-23)19-10-12-32(13-11-19)25(34)15-20-16-28-22-9-5-4-8-21(20)22/h1-9,16-17,19,28H,10-15H2,(H,30,33)(H,31,35). The van der Waals surface area contributed by atoms with Gasteiger partial charge in [-0.05, 0) is 30.0 Å². The highest BCUT2D eigenvalue weighted by atomic mass is 32.1. The number of piperidine rings is 1. The van der Waals surface area contributed by atoms with Gasteiger partial charge in [-0.3, -0.25) is 25.2 Å². The maximum atomic E-state index is 12.9. The molecule has 36 heavy (non-hydrogen) atoms. The number of amides is 3. The quantitative estimate of drug-likeness (QED) is 0.351. The average molecular weight is 502 g/mol. The summed E-state index contributed by atoms with van der Waals surface area (Å²) in [6.07, 6.45) is 4.10. The zero-order valence-electron chi connectivity index (χ0n) is 19.7. The molecule has 3 heterocycles. The molecule has 0 atom stereocenters. The molecule has 0 saturated carbocycles. The molecule has 0 aliphatic carbocycles. The molecule has 4 aromatic rings. The number of carbonyl (C=O) groups excluding carboxylic acids is 3. The summed E-state index contributed by atoms with van der Waals surface area (Å²) in [7, 11) is 0. The van der Waals surface area contributed by atoms with Crippen LogP contribution in [0.3, 0.4) is 0 Å². The van der Waals surface area contributed by atoms with Crippen LogP contribution < -0.4 is 10.9 Å². The molecule has 1 saturated heterocycles. The number of likely N-dealkylation sites (tertiary alicyclic amines) is 1. The Balaban J connectivity index is 1.10. The van der Waals surface area contributed by atoms with Gasteiger partial charge in [0.25, 0.3) is 5.91 Å². The van der Waals surface area contributed by atoms with E-state index in [1.54, 1.807) is 5.38 Å². The highest BCUT2D eigenvalue weighted by Gasteiger charge is 2.27. The van der Waals surface area contributed by atoms with Crippen LogP contribution >= 0.6 is 11.3 Å². The van der Waals surface area contributed by atoms with E-state index in [1.807, 2.05) is 65.7 Å². The second-order valence-electron chi connectivity index (χ2n) is 8.93. The number of thiazole rings is 1. The van der Waals surface area contributed by atoms with Crippen LogP contribution in [0, 0.1) is 0 Å². The molecule has 8 nitrogen and oxygen atoms in total. The maximum absolute atomic E-state index is 12.9. The van der Waals surface area contributed by atoms with E-state index >= 15 is 0 Å². The number of fused-ring (bicyclic) bond motifs is 1. The third kappa shape index (κ3) is 5.46. The summed E-state index contributed by atoms with van der Waals surface area (Å²) in [6, 6.07) is 17.3. The first-order valence-electron chi connectivity index (χ1n) is 12.0. The van der Waals surface area contributed by atoms with Crippen LogP contribution in [0.2, 0.25) is 0 Å². The number of hydrazine groups is 1. The number of nitrogens with one attached hydrogen (secondary N) is 3. The van der Waals surface area contributed by atoms with Gasteiger partial charge >= 0.3 is 0 Å². The molecule has 3 N–H and O–H groups in total. The Morgan fingerprint density at radius 3 is 2.53 bits per heavy atom. The monoisotopic (exact) mass is 501 g/mol. The molecule has 1 aliphatic rings. The lowest BCUT2D eigenvalue weighted by Crippen LogP contribution is -2.42. The summed E-state index contributed by atoms with van der Waals surface area (Å²) < 4.78 is 0. The first-order chi connectivity index (χ1) is 17.6. The lowest BCUT2D eigenvalue weighted by atomic mass is 9.97. The van der Waals surface area contributed by atoms with Gasteiger partial charge in [-0.2, -0.15) is 0 Å². The minimum Gasteiger partial charge on any atom is -0.361 e. The third-order valence-corrected chi connectivity index (χ3v) is 7.50. The summed E-state index contributed by atoms with van der Waals surface area (Å²) in [6.45, 7) is 1.34. The van der Waals surface area contributed by atoms with Gasteiger partial charge in [-0.15, -0.1) is 11.3 Å². The van der Waals surface area contributed by atoms with Crippen molar-refractivity contribution in [1.29, 1.82) is 0 Å². The van der Waals surface area contributed by atoms with E-state index in [-0.39, 0.29) is 29.8 Å². The number of nitrogens with zero attached hydrogens (tertiary/aromatic N) is 2. The summed E-state index contributed by atoms with van der Waals surface area (Å²) in [5.41, 5.74) is 8.10. The van der Waals surface area contributed by atoms with Gasteiger partial charge in [0, 0.05) is 41.5 Å². The summed E-state index contributed by atoms with van der Waals surface area (Å²) in [5.74, 6) is -0.398. The maximum Gasteiger partial charge on any atom is 0.289 e. The van der Waals surface area contributed by atoms with Crippen LogP contribution in [0.1, 0.15) is 45.4 Å². The Bertz CT molecular complexity index is 1370. The fourth-order valence-electron chi connectivity index (χ4n) is 4.52. The van der Waals surface area contributed by atoms with Gasteiger partial charge < -0.3 is 9.88 Å². The normalized spacial score (nSPS) is 14.1. The van der Waals surface area contributed by atoms with Crippen molar-refractivity contribution in [2.45, 2.75) is 31.6 Å². The van der Waals surface area contributed by atoms with Crippen molar-refractivity contribution in [2.75, 3.05) is 13.1 Å². The zero-order valence-corrected chi connectivity index (χ0v) is 20.5. The van der Waals surface area contributed by atoms with E-state index in [0.29, 0.717) is 19.5 Å². The highest BCUT2D eigenvalue weighted by molar-refractivity contribution is 7.09. The molecule has 0 unspecified atom stereocenters. The van der Waals surface area contributed by atoms with E-state index in [2.05, 4.69) is 20.8 Å². The Hall–Kier alpha value is -3.98. The molecule has 0 radical (unpaired) electrons. The Morgan fingerprint density at radius 2 is 1.72 bits per heavy atom. The largest absolute Gasteiger partial charge is 0.361 e. The van der Waals surface area contributed by atoms with Crippen molar-refractivity contribution in [3.63, 3.8) is 0 Å². The first-order valence-corrected chi connectivity index (χ1v) is 12.9. The van der Waals surface area contributed by atoms with Crippen LogP contribution in [0.4, 0.5) is 0 Å². The molecular formula is C27H27N5O3S. The number of aromatic amines is 1. The fraction of sp³-hybridized carbons (Fsp3) is 0.259. The average Bonchev–Trinajstić information content (AvgIpc) is 3.56. The minimum absolute atomic E-state index is 0.128. The van der Waals surface area contributed by atoms with Gasteiger partial charge in [0.15, 0.2) is 0 Å². The van der Waals surface area contributed by atoms with Crippen LogP contribution in [0.25, 0.3) is 10.9 Å². The van der Waals surface area contributed by atoms with E-state index in [0.717, 1.165) is 39.9 Å². The van der Waals surface area contributed by atoms with Crippen molar-refractivity contribution in [3.8, 4) is 0 Å². The van der Waals surface area contributed by atoms with Crippen LogP contribution in [-0.4, -0.2) is 45.7 Å². The van der Waals surface area contributed by atoms with Gasteiger partial charge in [0.2, 0.25) is 11.8 Å². The molecule has 1 aliphatic heterocycles. The second kappa shape index (κ2) is 10.7. The van der Waals surface area contributed by atoms with Crippen molar-refractivity contribution >= 4 is 40.0 Å². The number of hydrogen-bond donors (Lipinski definition) is 3. The van der Waals surface area contributed by atoms with Crippen molar-refractivity contribution in [2.24, 2.45) is 0 Å². The SMILES string of the molecule is O=C(Cc1ccccc1)NNC(=O)c1csc(C2CCN(C(=O)Cc3c[nH]c4ccccc34)CC2)n1. The molecule has 184 valence electrons. The number of para-hydroxylation sites is 1. The van der Waals surface area contributed by atoms with E-state index in [4.69, 9.17) is 0 Å². The Morgan fingerprint density at radius 1 is 0.972 bits per heavy atom. The van der Waals surface area contributed by atoms with Crippen LogP contribution in [-0.2, 0) is 22.4 Å². The molecule has 3 amide bonds. The summed E-state index contributed by atoms with van der Waals surface area (Å²) >= 11 is 1.44. The lowest BCUT2D eigenvalue weighted by molar-refractivity contribution is -0.131. The molecule has 1 fully saturated rings. The van der Waals surface area contributed by atoms with Gasteiger partial charge in [0.05, 0.1) is 17.8 Å². The van der Waals surface area contributed by atoms with Gasteiger partial charge in [0.1, 0.15) is 5.69 Å². The number of H-pyrrole nitrogens is 1. The molecule has 0 spiro atoms. The zero-order chi connectivity index (χ0) is 24.9. The van der Waals surface area contributed by atoms with Crippen molar-refractivity contribution < 1.29 is 14.4 Å². The molecule has 0 bridgehead atoms. The van der Waals surface area contributed by atoms with Crippen LogP contribution in [0.15, 0.2) is 66.2 Å². The molecule has 5 rings (SSSR count). The number of aromatic nitrogens is 2. The molecule has 2 aromatic heterocycles. The van der Waals surface area contributed by atoms with E-state index in [1.165, 1.54) is 11.3 Å². The predicted molar refractivity (Wildman–Crippen MR) is 138 cm³/mol. The number of hydrogen-bond acceptors (Lipinski definition) is 5. The van der Waals surface area contributed by atoms with Crippen molar-refractivity contribution in [3.05, 3.63) is 88.0 Å². The summed E-state index contributed by atoms with van der Waals surface area (Å²) in [5, 5.41) is 3.69. The first kappa shape index (κ1) is 23.7. The number of benzene rings is 2. The topological polar surface area (TPSA) is 107 Å². The lowest BCUT2D eigenvalue weighted by Gasteiger charge is -2.31.